The monoisotopic (exact) mass is 612 g/mol. The average molecular weight is 613 g/mol. The van der Waals surface area contributed by atoms with E-state index < -0.39 is 0 Å². The Morgan fingerprint density at radius 1 is 0.333 bits per heavy atom. The van der Waals surface area contributed by atoms with Gasteiger partial charge in [0.15, 0.2) is 0 Å². The molecule has 2 heteroatoms. The molecule has 8 aromatic carbocycles. The highest BCUT2D eigenvalue weighted by Crippen LogP contribution is 2.44. The molecule has 0 fully saturated rings. The molecule has 48 heavy (non-hydrogen) atoms. The quantitative estimate of drug-likeness (QED) is 0.185. The van der Waals surface area contributed by atoms with E-state index in [-0.39, 0.29) is 0 Å². The second-order valence-electron chi connectivity index (χ2n) is 12.4. The third-order valence-electron chi connectivity index (χ3n) is 9.76. The van der Waals surface area contributed by atoms with E-state index in [0.29, 0.717) is 0 Å². The summed E-state index contributed by atoms with van der Waals surface area (Å²) in [4.78, 5) is 0. The zero-order chi connectivity index (χ0) is 31.6. The minimum atomic E-state index is 0.830. The Morgan fingerprint density at radius 2 is 0.833 bits per heavy atom. The predicted octanol–water partition coefficient (Wildman–Crippen LogP) is 13.3. The topological polar surface area (TPSA) is 26.3 Å². The fraction of sp³-hybridized carbons (Fsp3) is 0. The van der Waals surface area contributed by atoms with Crippen LogP contribution in [0, 0.1) is 0 Å². The molecule has 0 saturated heterocycles. The number of hydrogen-bond acceptors (Lipinski definition) is 2. The van der Waals surface area contributed by atoms with Gasteiger partial charge in [0.25, 0.3) is 0 Å². The van der Waals surface area contributed by atoms with Gasteiger partial charge < -0.3 is 8.83 Å². The highest BCUT2D eigenvalue weighted by Gasteiger charge is 2.18. The molecule has 0 radical (unpaired) electrons. The van der Waals surface area contributed by atoms with Crippen molar-refractivity contribution in [3.63, 3.8) is 0 Å². The molecule has 0 N–H and O–H groups in total. The van der Waals surface area contributed by atoms with Crippen molar-refractivity contribution in [2.45, 2.75) is 0 Å². The first-order chi connectivity index (χ1) is 23.8. The van der Waals surface area contributed by atoms with Crippen molar-refractivity contribution in [2.75, 3.05) is 0 Å². The summed E-state index contributed by atoms with van der Waals surface area (Å²) in [5.74, 6) is 0. The molecule has 224 valence electrons. The Balaban J connectivity index is 1.08. The maximum Gasteiger partial charge on any atom is 0.146 e. The van der Waals surface area contributed by atoms with E-state index in [1.165, 1.54) is 43.8 Å². The zero-order valence-electron chi connectivity index (χ0n) is 26.0. The van der Waals surface area contributed by atoms with Crippen LogP contribution >= 0.6 is 0 Å². The molecular weight excluding hydrogens is 585 g/mol. The van der Waals surface area contributed by atoms with Crippen LogP contribution in [0.15, 0.2) is 179 Å². The smallest absolute Gasteiger partial charge is 0.146 e. The molecule has 0 aliphatic heterocycles. The first-order valence-electron chi connectivity index (χ1n) is 16.3. The molecule has 0 bridgehead atoms. The van der Waals surface area contributed by atoms with Crippen LogP contribution in [0.4, 0.5) is 0 Å². The minimum Gasteiger partial charge on any atom is -0.463 e. The van der Waals surface area contributed by atoms with Crippen molar-refractivity contribution < 1.29 is 8.83 Å². The van der Waals surface area contributed by atoms with E-state index in [0.717, 1.165) is 55.2 Å². The average Bonchev–Trinajstić information content (AvgIpc) is 3.76. The fourth-order valence-electron chi connectivity index (χ4n) is 7.56. The number of hydrogen-bond donors (Lipinski definition) is 0. The van der Waals surface area contributed by atoms with E-state index in [4.69, 9.17) is 8.83 Å². The summed E-state index contributed by atoms with van der Waals surface area (Å²) in [6, 6.07) is 58.3. The Hall–Kier alpha value is -6.38. The van der Waals surface area contributed by atoms with Crippen LogP contribution in [-0.4, -0.2) is 0 Å². The molecule has 2 heterocycles. The lowest BCUT2D eigenvalue weighted by molar-refractivity contribution is 0.619. The third-order valence-corrected chi connectivity index (χ3v) is 9.76. The van der Waals surface area contributed by atoms with Crippen LogP contribution in [0.2, 0.25) is 0 Å². The molecular formula is C46H28O2. The Morgan fingerprint density at radius 3 is 1.46 bits per heavy atom. The largest absolute Gasteiger partial charge is 0.463 e. The van der Waals surface area contributed by atoms with Crippen LogP contribution in [0.3, 0.4) is 0 Å². The zero-order valence-corrected chi connectivity index (χ0v) is 26.0. The summed E-state index contributed by atoms with van der Waals surface area (Å²) in [6.07, 6.45) is 1.86. The molecule has 10 rings (SSSR count). The van der Waals surface area contributed by atoms with E-state index in [2.05, 4.69) is 158 Å². The Bertz CT molecular complexity index is 2750. The summed E-state index contributed by atoms with van der Waals surface area (Å²) in [6.45, 7) is 0. The van der Waals surface area contributed by atoms with Gasteiger partial charge in [0.1, 0.15) is 16.7 Å². The highest BCUT2D eigenvalue weighted by atomic mass is 16.3. The first kappa shape index (κ1) is 26.8. The van der Waals surface area contributed by atoms with E-state index >= 15 is 0 Å². The summed E-state index contributed by atoms with van der Waals surface area (Å²) in [5.41, 5.74) is 12.0. The fourth-order valence-corrected chi connectivity index (χ4v) is 7.56. The van der Waals surface area contributed by atoms with Crippen molar-refractivity contribution >= 4 is 54.5 Å². The highest BCUT2D eigenvalue weighted by molar-refractivity contribution is 6.22. The molecule has 2 nitrogen and oxygen atoms in total. The second kappa shape index (κ2) is 10.6. The van der Waals surface area contributed by atoms with E-state index in [1.54, 1.807) is 0 Å². The van der Waals surface area contributed by atoms with Crippen LogP contribution in [0.1, 0.15) is 0 Å². The molecule has 2 aromatic heterocycles. The van der Waals surface area contributed by atoms with Gasteiger partial charge >= 0.3 is 0 Å². The predicted molar refractivity (Wildman–Crippen MR) is 200 cm³/mol. The Kier molecular flexibility index (Phi) is 5.91. The van der Waals surface area contributed by atoms with Gasteiger partial charge in [0, 0.05) is 16.3 Å². The third kappa shape index (κ3) is 4.06. The summed E-state index contributed by atoms with van der Waals surface area (Å²) < 4.78 is 12.6. The van der Waals surface area contributed by atoms with Gasteiger partial charge in [-0.15, -0.1) is 0 Å². The summed E-state index contributed by atoms with van der Waals surface area (Å²) >= 11 is 0. The van der Waals surface area contributed by atoms with Gasteiger partial charge in [0.2, 0.25) is 0 Å². The standard InChI is InChI=1S/C46H28O2/c1-3-11-30(12-4-1)40-28-47-46-38(40)25-26-41-45(46)39-24-23-33(27-42(39)48-41)29-19-21-32(22-20-29)44-36-17-9-7-15-34(36)43(31-13-5-2-6-14-31)35-16-8-10-18-37(35)44/h1-28H. The number of fused-ring (bicyclic) bond motifs is 7. The van der Waals surface area contributed by atoms with E-state index in [9.17, 15) is 0 Å². The maximum atomic E-state index is 6.41. The first-order valence-corrected chi connectivity index (χ1v) is 16.3. The number of furan rings is 2. The van der Waals surface area contributed by atoms with Crippen LogP contribution in [0.25, 0.3) is 99.0 Å². The van der Waals surface area contributed by atoms with Gasteiger partial charge in [-0.05, 0) is 84.8 Å². The van der Waals surface area contributed by atoms with Gasteiger partial charge in [0.05, 0.1) is 11.6 Å². The number of rotatable bonds is 4. The molecule has 0 aliphatic rings. The van der Waals surface area contributed by atoms with Crippen LogP contribution in [0.5, 0.6) is 0 Å². The molecule has 0 atom stereocenters. The maximum absolute atomic E-state index is 6.41. The Labute approximate surface area is 277 Å². The lowest BCUT2D eigenvalue weighted by Crippen LogP contribution is -1.90. The van der Waals surface area contributed by atoms with Gasteiger partial charge in [-0.1, -0.05) is 140 Å². The van der Waals surface area contributed by atoms with Gasteiger partial charge in [-0.2, -0.15) is 0 Å². The molecule has 10 aromatic rings. The van der Waals surface area contributed by atoms with Gasteiger partial charge in [-0.3, -0.25) is 0 Å². The summed E-state index contributed by atoms with van der Waals surface area (Å²) in [5, 5.41) is 8.20. The molecule has 0 unspecified atom stereocenters. The molecule has 0 spiro atoms. The normalized spacial score (nSPS) is 11.8. The molecule has 0 aliphatic carbocycles. The van der Waals surface area contributed by atoms with Crippen molar-refractivity contribution in [3.8, 4) is 44.5 Å². The molecule has 0 amide bonds. The van der Waals surface area contributed by atoms with Crippen LogP contribution < -0.4 is 0 Å². The van der Waals surface area contributed by atoms with Crippen molar-refractivity contribution in [3.05, 3.63) is 170 Å². The second-order valence-corrected chi connectivity index (χ2v) is 12.4. The minimum absolute atomic E-state index is 0.830. The van der Waals surface area contributed by atoms with Crippen molar-refractivity contribution in [2.24, 2.45) is 0 Å². The van der Waals surface area contributed by atoms with Crippen molar-refractivity contribution in [1.82, 2.24) is 0 Å². The van der Waals surface area contributed by atoms with Gasteiger partial charge in [-0.25, -0.2) is 0 Å². The SMILES string of the molecule is c1ccc(-c2c3ccccc3c(-c3ccc(-c4ccc5c(c4)oc4ccc6c(-c7ccccc7)coc6c45)cc3)c3ccccc23)cc1. The lowest BCUT2D eigenvalue weighted by Gasteiger charge is -2.18. The summed E-state index contributed by atoms with van der Waals surface area (Å²) in [7, 11) is 0. The number of benzene rings is 8. The molecule has 0 saturated carbocycles. The van der Waals surface area contributed by atoms with E-state index in [1.807, 2.05) is 12.3 Å². The van der Waals surface area contributed by atoms with Crippen LogP contribution in [-0.2, 0) is 0 Å². The van der Waals surface area contributed by atoms with Crippen molar-refractivity contribution in [1.29, 1.82) is 0 Å². The lowest BCUT2D eigenvalue weighted by atomic mass is 9.86.